The van der Waals surface area contributed by atoms with Crippen molar-refractivity contribution in [2.75, 3.05) is 11.4 Å². The molecule has 0 heterocycles. The van der Waals surface area contributed by atoms with Gasteiger partial charge in [0.15, 0.2) is 5.84 Å². The molecule has 0 aliphatic heterocycles. The molecule has 98 valence electrons. The molecule has 0 fully saturated rings. The van der Waals surface area contributed by atoms with Crippen LogP contribution >= 0.6 is 0 Å². The van der Waals surface area contributed by atoms with Gasteiger partial charge >= 0.3 is 0 Å². The van der Waals surface area contributed by atoms with Crippen molar-refractivity contribution in [3.05, 3.63) is 60.2 Å². The standard InChI is InChI=1S/C15H17N3O/c1-2-18(13-6-4-3-5-7-13)14-10-8-12(9-11-14)15(16)17-19/h3-11,19H,2H2,1H3,(H2,16,17). The van der Waals surface area contributed by atoms with Crippen molar-refractivity contribution in [1.82, 2.24) is 0 Å². The average molecular weight is 255 g/mol. The molecule has 0 atom stereocenters. The Morgan fingerprint density at radius 1 is 1.05 bits per heavy atom. The maximum absolute atomic E-state index is 8.64. The summed E-state index contributed by atoms with van der Waals surface area (Å²) in [5.74, 6) is 0.120. The van der Waals surface area contributed by atoms with Crippen molar-refractivity contribution in [2.45, 2.75) is 6.92 Å². The minimum absolute atomic E-state index is 0.120. The molecular weight excluding hydrogens is 238 g/mol. The second kappa shape index (κ2) is 5.91. The normalized spacial score (nSPS) is 11.3. The van der Waals surface area contributed by atoms with Gasteiger partial charge in [-0.3, -0.25) is 0 Å². The van der Waals surface area contributed by atoms with Crippen LogP contribution in [-0.2, 0) is 0 Å². The van der Waals surface area contributed by atoms with Gasteiger partial charge in [-0.25, -0.2) is 0 Å². The van der Waals surface area contributed by atoms with Gasteiger partial charge in [-0.15, -0.1) is 0 Å². The van der Waals surface area contributed by atoms with Crippen molar-refractivity contribution in [3.8, 4) is 0 Å². The SMILES string of the molecule is CCN(c1ccccc1)c1ccc(/C(N)=N/O)cc1. The summed E-state index contributed by atoms with van der Waals surface area (Å²) >= 11 is 0. The van der Waals surface area contributed by atoms with E-state index in [9.17, 15) is 0 Å². The Labute approximate surface area is 112 Å². The quantitative estimate of drug-likeness (QED) is 0.382. The smallest absolute Gasteiger partial charge is 0.170 e. The molecule has 0 spiro atoms. The molecule has 3 N–H and O–H groups in total. The largest absolute Gasteiger partial charge is 0.409 e. The van der Waals surface area contributed by atoms with Crippen LogP contribution < -0.4 is 10.6 Å². The molecule has 0 unspecified atom stereocenters. The van der Waals surface area contributed by atoms with Crippen LogP contribution in [0.4, 0.5) is 11.4 Å². The summed E-state index contributed by atoms with van der Waals surface area (Å²) in [5.41, 5.74) is 8.47. The number of anilines is 2. The van der Waals surface area contributed by atoms with Crippen molar-refractivity contribution < 1.29 is 5.21 Å². The Hall–Kier alpha value is -2.49. The van der Waals surface area contributed by atoms with Crippen LogP contribution in [0.25, 0.3) is 0 Å². The van der Waals surface area contributed by atoms with Crippen LogP contribution in [0, 0.1) is 0 Å². The topological polar surface area (TPSA) is 61.8 Å². The van der Waals surface area contributed by atoms with Gasteiger partial charge in [-0.05, 0) is 43.3 Å². The maximum Gasteiger partial charge on any atom is 0.170 e. The number of hydrogen-bond donors (Lipinski definition) is 2. The number of hydrogen-bond acceptors (Lipinski definition) is 3. The molecule has 19 heavy (non-hydrogen) atoms. The van der Waals surface area contributed by atoms with Crippen molar-refractivity contribution in [2.24, 2.45) is 10.9 Å². The predicted octanol–water partition coefficient (Wildman–Crippen LogP) is 2.94. The van der Waals surface area contributed by atoms with Crippen LogP contribution in [0.2, 0.25) is 0 Å². The van der Waals surface area contributed by atoms with Gasteiger partial charge < -0.3 is 15.8 Å². The van der Waals surface area contributed by atoms with Crippen molar-refractivity contribution >= 4 is 17.2 Å². The lowest BCUT2D eigenvalue weighted by Crippen LogP contribution is -2.17. The summed E-state index contributed by atoms with van der Waals surface area (Å²) in [6.07, 6.45) is 0. The molecule has 2 aromatic carbocycles. The van der Waals surface area contributed by atoms with E-state index in [4.69, 9.17) is 10.9 Å². The lowest BCUT2D eigenvalue weighted by Gasteiger charge is -2.23. The average Bonchev–Trinajstić information content (AvgIpc) is 2.49. The fraction of sp³-hybridized carbons (Fsp3) is 0.133. The summed E-state index contributed by atoms with van der Waals surface area (Å²) in [6, 6.07) is 17.8. The molecule has 0 bridgehead atoms. The third-order valence-corrected chi connectivity index (χ3v) is 2.97. The number of nitrogens with two attached hydrogens (primary N) is 1. The Morgan fingerprint density at radius 3 is 2.16 bits per heavy atom. The van der Waals surface area contributed by atoms with E-state index in [0.29, 0.717) is 5.56 Å². The Morgan fingerprint density at radius 2 is 1.63 bits per heavy atom. The van der Waals surface area contributed by atoms with Crippen LogP contribution in [0.3, 0.4) is 0 Å². The Bertz CT molecular complexity index is 549. The molecule has 0 amide bonds. The minimum atomic E-state index is 0.120. The maximum atomic E-state index is 8.64. The highest BCUT2D eigenvalue weighted by molar-refractivity contribution is 5.97. The van der Waals surface area contributed by atoms with Gasteiger partial charge in [0.05, 0.1) is 0 Å². The zero-order valence-electron chi connectivity index (χ0n) is 10.8. The summed E-state index contributed by atoms with van der Waals surface area (Å²) in [6.45, 7) is 2.97. The summed E-state index contributed by atoms with van der Waals surface area (Å²) < 4.78 is 0. The molecule has 0 aromatic heterocycles. The molecule has 2 rings (SSSR count). The summed E-state index contributed by atoms with van der Waals surface area (Å²) in [4.78, 5) is 2.19. The second-order valence-electron chi connectivity index (χ2n) is 4.11. The number of para-hydroxylation sites is 1. The van der Waals surface area contributed by atoms with Gasteiger partial charge in [0.1, 0.15) is 0 Å². The predicted molar refractivity (Wildman–Crippen MR) is 78.1 cm³/mol. The van der Waals surface area contributed by atoms with E-state index in [-0.39, 0.29) is 5.84 Å². The monoisotopic (exact) mass is 255 g/mol. The van der Waals surface area contributed by atoms with E-state index in [1.807, 2.05) is 42.5 Å². The number of oxime groups is 1. The molecule has 0 saturated carbocycles. The van der Waals surface area contributed by atoms with Crippen LogP contribution in [0.5, 0.6) is 0 Å². The summed E-state index contributed by atoms with van der Waals surface area (Å²) in [5, 5.41) is 11.6. The zero-order chi connectivity index (χ0) is 13.7. The van der Waals surface area contributed by atoms with Crippen LogP contribution in [0.15, 0.2) is 59.8 Å². The first-order valence-corrected chi connectivity index (χ1v) is 6.16. The first-order valence-electron chi connectivity index (χ1n) is 6.16. The fourth-order valence-corrected chi connectivity index (χ4v) is 1.99. The molecule has 0 radical (unpaired) electrons. The highest BCUT2D eigenvalue weighted by Gasteiger charge is 2.07. The third-order valence-electron chi connectivity index (χ3n) is 2.97. The number of rotatable bonds is 4. The first kappa shape index (κ1) is 13.0. The highest BCUT2D eigenvalue weighted by Crippen LogP contribution is 2.24. The van der Waals surface area contributed by atoms with Crippen molar-refractivity contribution in [1.29, 1.82) is 0 Å². The lowest BCUT2D eigenvalue weighted by molar-refractivity contribution is 0.318. The number of nitrogens with zero attached hydrogens (tertiary/aromatic N) is 2. The van der Waals surface area contributed by atoms with Gasteiger partial charge in [-0.2, -0.15) is 0 Å². The van der Waals surface area contributed by atoms with E-state index >= 15 is 0 Å². The number of benzene rings is 2. The highest BCUT2D eigenvalue weighted by atomic mass is 16.4. The molecule has 0 saturated heterocycles. The van der Waals surface area contributed by atoms with E-state index < -0.39 is 0 Å². The minimum Gasteiger partial charge on any atom is -0.409 e. The van der Waals surface area contributed by atoms with Gasteiger partial charge in [0, 0.05) is 23.5 Å². The second-order valence-corrected chi connectivity index (χ2v) is 4.11. The zero-order valence-corrected chi connectivity index (χ0v) is 10.8. The molecule has 2 aromatic rings. The molecular formula is C15H17N3O. The van der Waals surface area contributed by atoms with E-state index in [1.165, 1.54) is 0 Å². The van der Waals surface area contributed by atoms with Gasteiger partial charge in [0.2, 0.25) is 0 Å². The van der Waals surface area contributed by atoms with E-state index in [1.54, 1.807) is 0 Å². The Kier molecular flexibility index (Phi) is 4.03. The van der Waals surface area contributed by atoms with Crippen LogP contribution in [0.1, 0.15) is 12.5 Å². The lowest BCUT2D eigenvalue weighted by atomic mass is 10.1. The number of amidine groups is 1. The summed E-state index contributed by atoms with van der Waals surface area (Å²) in [7, 11) is 0. The first-order chi connectivity index (χ1) is 9.26. The van der Waals surface area contributed by atoms with Crippen LogP contribution in [-0.4, -0.2) is 17.6 Å². The van der Waals surface area contributed by atoms with E-state index in [2.05, 4.69) is 29.1 Å². The molecule has 4 heteroatoms. The fourth-order valence-electron chi connectivity index (χ4n) is 1.99. The molecule has 0 aliphatic carbocycles. The Balaban J connectivity index is 2.30. The molecule has 0 aliphatic rings. The van der Waals surface area contributed by atoms with Gasteiger partial charge in [-0.1, -0.05) is 23.4 Å². The third kappa shape index (κ3) is 2.85. The molecule has 4 nitrogen and oxygen atoms in total. The van der Waals surface area contributed by atoms with Crippen molar-refractivity contribution in [3.63, 3.8) is 0 Å². The van der Waals surface area contributed by atoms with Gasteiger partial charge in [0.25, 0.3) is 0 Å². The van der Waals surface area contributed by atoms with E-state index in [0.717, 1.165) is 17.9 Å².